The molecule has 102 valence electrons. The third-order valence-corrected chi connectivity index (χ3v) is 2.20. The number of H-pyrrole nitrogens is 1. The van der Waals surface area contributed by atoms with Crippen molar-refractivity contribution in [2.45, 2.75) is 39.8 Å². The van der Waals surface area contributed by atoms with Crippen LogP contribution in [-0.4, -0.2) is 42.0 Å². The molecule has 0 amide bonds. The molecule has 0 bridgehead atoms. The molecular weight excluding hydrogens is 248 g/mol. The van der Waals surface area contributed by atoms with Crippen molar-refractivity contribution in [2.75, 3.05) is 0 Å². The number of aromatic amines is 1. The zero-order valence-electron chi connectivity index (χ0n) is 11.3. The van der Waals surface area contributed by atoms with Gasteiger partial charge in [0.05, 0.1) is 12.7 Å². The van der Waals surface area contributed by atoms with E-state index in [1.807, 2.05) is 6.92 Å². The van der Waals surface area contributed by atoms with Crippen LogP contribution in [0.5, 0.6) is 0 Å². The van der Waals surface area contributed by atoms with Gasteiger partial charge in [-0.3, -0.25) is 0 Å². The molecule has 0 aliphatic heterocycles. The molecule has 0 aromatic carbocycles. The lowest BCUT2D eigenvalue weighted by Gasteiger charge is -2.18. The van der Waals surface area contributed by atoms with Gasteiger partial charge in [0.2, 0.25) is 0 Å². The highest BCUT2D eigenvalue weighted by atomic mass is 16.6. The van der Waals surface area contributed by atoms with Crippen LogP contribution in [0.2, 0.25) is 0 Å². The van der Waals surface area contributed by atoms with E-state index in [1.54, 1.807) is 20.8 Å². The van der Waals surface area contributed by atoms with Crippen LogP contribution in [-0.2, 0) is 11.3 Å². The predicted molar refractivity (Wildman–Crippen MR) is 66.2 cm³/mol. The van der Waals surface area contributed by atoms with Crippen LogP contribution >= 0.6 is 0 Å². The third-order valence-electron chi connectivity index (χ3n) is 2.20. The molecule has 2 aromatic heterocycles. The Labute approximate surface area is 110 Å². The largest absolute Gasteiger partial charge is 0.455 e. The van der Waals surface area contributed by atoms with Crippen LogP contribution in [0, 0.1) is 0 Å². The quantitative estimate of drug-likeness (QED) is 0.831. The number of hydrogen-bond donors (Lipinski definition) is 1. The lowest BCUT2D eigenvalue weighted by Crippen LogP contribution is -2.24. The van der Waals surface area contributed by atoms with Gasteiger partial charge in [-0.05, 0) is 27.7 Å². The van der Waals surface area contributed by atoms with Gasteiger partial charge >= 0.3 is 5.97 Å². The van der Waals surface area contributed by atoms with E-state index in [-0.39, 0.29) is 5.69 Å². The minimum Gasteiger partial charge on any atom is -0.455 e. The highest BCUT2D eigenvalue weighted by molar-refractivity contribution is 5.93. The zero-order chi connectivity index (χ0) is 14.0. The topological polar surface area (TPSA) is 98.6 Å². The van der Waals surface area contributed by atoms with Crippen molar-refractivity contribution >= 4 is 5.97 Å². The lowest BCUT2D eigenvalue weighted by atomic mass is 10.2. The summed E-state index contributed by atoms with van der Waals surface area (Å²) in [7, 11) is 0. The van der Waals surface area contributed by atoms with Crippen molar-refractivity contribution in [2.24, 2.45) is 0 Å². The van der Waals surface area contributed by atoms with Gasteiger partial charge < -0.3 is 4.74 Å². The average molecular weight is 264 g/mol. The van der Waals surface area contributed by atoms with Crippen LogP contribution in [0.15, 0.2) is 6.20 Å². The Morgan fingerprint density at radius 1 is 1.42 bits per heavy atom. The van der Waals surface area contributed by atoms with Crippen molar-refractivity contribution in [3.8, 4) is 11.4 Å². The fraction of sp³-hybridized carbons (Fsp3) is 0.545. The van der Waals surface area contributed by atoms with Crippen molar-refractivity contribution in [3.63, 3.8) is 0 Å². The predicted octanol–water partition coefficient (Wildman–Crippen LogP) is 1.04. The number of nitrogens with zero attached hydrogens (tertiary/aromatic N) is 5. The van der Waals surface area contributed by atoms with Gasteiger partial charge in [-0.25, -0.2) is 4.79 Å². The summed E-state index contributed by atoms with van der Waals surface area (Å²) in [4.78, 5) is 13.5. The Morgan fingerprint density at radius 3 is 2.74 bits per heavy atom. The van der Waals surface area contributed by atoms with Crippen molar-refractivity contribution < 1.29 is 9.53 Å². The fourth-order valence-corrected chi connectivity index (χ4v) is 1.44. The van der Waals surface area contributed by atoms with Gasteiger partial charge in [0.15, 0.2) is 5.69 Å². The van der Waals surface area contributed by atoms with Gasteiger partial charge in [-0.15, -0.1) is 5.10 Å². The molecule has 2 heterocycles. The number of esters is 1. The number of aromatic nitrogens is 6. The average Bonchev–Trinajstić information content (AvgIpc) is 2.95. The molecule has 0 saturated heterocycles. The maximum Gasteiger partial charge on any atom is 0.361 e. The standard InChI is InChI=1S/C11H16N6O2/c1-5-17-12-6-7(15-17)8-9(14-16-13-8)10(18)19-11(2,3)4/h6H,5H2,1-4H3,(H,13,14,16). The summed E-state index contributed by atoms with van der Waals surface area (Å²) < 4.78 is 5.26. The number of rotatable bonds is 3. The van der Waals surface area contributed by atoms with E-state index in [1.165, 1.54) is 11.0 Å². The Morgan fingerprint density at radius 2 is 2.16 bits per heavy atom. The molecule has 0 saturated carbocycles. The molecule has 0 aliphatic carbocycles. The van der Waals surface area contributed by atoms with Crippen molar-refractivity contribution in [1.82, 2.24) is 30.4 Å². The van der Waals surface area contributed by atoms with E-state index in [0.717, 1.165) is 0 Å². The third kappa shape index (κ3) is 2.95. The smallest absolute Gasteiger partial charge is 0.361 e. The normalized spacial score (nSPS) is 11.6. The number of carbonyl (C=O) groups excluding carboxylic acids is 1. The summed E-state index contributed by atoms with van der Waals surface area (Å²) in [6, 6.07) is 0. The number of ether oxygens (including phenoxy) is 1. The monoisotopic (exact) mass is 264 g/mol. The van der Waals surface area contributed by atoms with E-state index in [4.69, 9.17) is 4.74 Å². The summed E-state index contributed by atoms with van der Waals surface area (Å²) in [6.07, 6.45) is 1.54. The van der Waals surface area contributed by atoms with Gasteiger partial charge in [-0.2, -0.15) is 25.3 Å². The highest BCUT2D eigenvalue weighted by Crippen LogP contribution is 2.19. The van der Waals surface area contributed by atoms with E-state index in [2.05, 4.69) is 25.6 Å². The number of hydrogen-bond acceptors (Lipinski definition) is 6. The molecule has 1 N–H and O–H groups in total. The molecule has 0 fully saturated rings. The number of nitrogens with one attached hydrogen (secondary N) is 1. The molecule has 0 unspecified atom stereocenters. The van der Waals surface area contributed by atoms with Crippen LogP contribution in [0.3, 0.4) is 0 Å². The molecule has 8 heteroatoms. The summed E-state index contributed by atoms with van der Waals surface area (Å²) in [5.41, 5.74) is 0.345. The Balaban J connectivity index is 2.29. The van der Waals surface area contributed by atoms with Gasteiger partial charge in [0.25, 0.3) is 0 Å². The van der Waals surface area contributed by atoms with E-state index in [9.17, 15) is 4.79 Å². The van der Waals surface area contributed by atoms with E-state index < -0.39 is 11.6 Å². The van der Waals surface area contributed by atoms with Crippen LogP contribution in [0.1, 0.15) is 38.2 Å². The van der Waals surface area contributed by atoms with E-state index >= 15 is 0 Å². The number of carbonyl (C=O) groups is 1. The minimum absolute atomic E-state index is 0.109. The molecular formula is C11H16N6O2. The van der Waals surface area contributed by atoms with Crippen LogP contribution < -0.4 is 0 Å². The van der Waals surface area contributed by atoms with Gasteiger partial charge in [0.1, 0.15) is 17.0 Å². The summed E-state index contributed by atoms with van der Waals surface area (Å²) >= 11 is 0. The fourth-order valence-electron chi connectivity index (χ4n) is 1.44. The first-order chi connectivity index (χ1) is 8.90. The first-order valence-corrected chi connectivity index (χ1v) is 5.95. The minimum atomic E-state index is -0.589. The molecule has 0 radical (unpaired) electrons. The molecule has 0 aliphatic rings. The second-order valence-electron chi connectivity index (χ2n) is 4.94. The van der Waals surface area contributed by atoms with Gasteiger partial charge in [0, 0.05) is 0 Å². The maximum absolute atomic E-state index is 12.0. The molecule has 2 rings (SSSR count). The Bertz CT molecular complexity index is 580. The molecule has 19 heavy (non-hydrogen) atoms. The van der Waals surface area contributed by atoms with Crippen LogP contribution in [0.4, 0.5) is 0 Å². The van der Waals surface area contributed by atoms with Crippen LogP contribution in [0.25, 0.3) is 11.4 Å². The Kier molecular flexibility index (Phi) is 3.32. The summed E-state index contributed by atoms with van der Waals surface area (Å²) in [5, 5.41) is 18.4. The summed E-state index contributed by atoms with van der Waals surface area (Å²) in [6.45, 7) is 7.93. The first kappa shape index (κ1) is 13.2. The first-order valence-electron chi connectivity index (χ1n) is 5.95. The van der Waals surface area contributed by atoms with Crippen molar-refractivity contribution in [3.05, 3.63) is 11.9 Å². The zero-order valence-corrected chi connectivity index (χ0v) is 11.3. The molecule has 0 atom stereocenters. The van der Waals surface area contributed by atoms with Gasteiger partial charge in [-0.1, -0.05) is 0 Å². The second kappa shape index (κ2) is 4.79. The Hall–Kier alpha value is -2.25. The molecule has 0 spiro atoms. The lowest BCUT2D eigenvalue weighted by molar-refractivity contribution is 0.00637. The molecule has 8 nitrogen and oxygen atoms in total. The highest BCUT2D eigenvalue weighted by Gasteiger charge is 2.25. The van der Waals surface area contributed by atoms with Crippen molar-refractivity contribution in [1.29, 1.82) is 0 Å². The maximum atomic E-state index is 12.0. The molecule has 2 aromatic rings. The van der Waals surface area contributed by atoms with E-state index in [0.29, 0.717) is 17.9 Å². The second-order valence-corrected chi connectivity index (χ2v) is 4.94. The SMILES string of the molecule is CCn1ncc(-c2n[nH]nc2C(=O)OC(C)(C)C)n1. The number of aryl methyl sites for hydroxylation is 1. The summed E-state index contributed by atoms with van der Waals surface area (Å²) in [5.74, 6) is -0.540.